The second kappa shape index (κ2) is 3.00. The van der Waals surface area contributed by atoms with Gasteiger partial charge in [-0.15, -0.1) is 0 Å². The average Bonchev–Trinajstić information content (AvgIpc) is 2.14. The third kappa shape index (κ3) is 1.21. The van der Waals surface area contributed by atoms with Gasteiger partial charge in [0.05, 0.1) is 5.41 Å². The fourth-order valence-electron chi connectivity index (χ4n) is 5.12. The van der Waals surface area contributed by atoms with E-state index >= 15 is 0 Å². The minimum absolute atomic E-state index is 0.141. The zero-order valence-corrected chi connectivity index (χ0v) is 9.91. The van der Waals surface area contributed by atoms with E-state index in [1.165, 1.54) is 19.3 Å². The molecule has 0 spiro atoms. The van der Waals surface area contributed by atoms with Crippen LogP contribution in [0.2, 0.25) is 0 Å². The summed E-state index contributed by atoms with van der Waals surface area (Å²) in [5, 5.41) is 9.53. The Kier molecular flexibility index (Phi) is 1.99. The Hall–Kier alpha value is -0.570. The molecule has 0 aliphatic heterocycles. The van der Waals surface area contributed by atoms with Crippen LogP contribution in [0.25, 0.3) is 0 Å². The van der Waals surface area contributed by atoms with Crippen LogP contribution >= 0.6 is 0 Å². The monoisotopic (exact) mass is 223 g/mol. The van der Waals surface area contributed by atoms with E-state index in [1.807, 2.05) is 0 Å². The molecule has 3 N–H and O–H groups in total. The van der Waals surface area contributed by atoms with Gasteiger partial charge in [0.2, 0.25) is 0 Å². The van der Waals surface area contributed by atoms with Crippen LogP contribution in [0.15, 0.2) is 0 Å². The highest BCUT2D eigenvalue weighted by molar-refractivity contribution is 5.75. The van der Waals surface area contributed by atoms with Crippen molar-refractivity contribution in [3.63, 3.8) is 0 Å². The summed E-state index contributed by atoms with van der Waals surface area (Å²) in [5.41, 5.74) is 5.88. The summed E-state index contributed by atoms with van der Waals surface area (Å²) in [4.78, 5) is 11.6. The van der Waals surface area contributed by atoms with Crippen molar-refractivity contribution in [1.29, 1.82) is 0 Å². The average molecular weight is 223 g/mol. The molecule has 4 bridgehead atoms. The predicted molar refractivity (Wildman–Crippen MR) is 60.8 cm³/mol. The van der Waals surface area contributed by atoms with Gasteiger partial charge in [-0.05, 0) is 62.7 Å². The Morgan fingerprint density at radius 1 is 1.31 bits per heavy atom. The lowest BCUT2D eigenvalue weighted by Crippen LogP contribution is -2.59. The highest BCUT2D eigenvalue weighted by atomic mass is 16.4. The van der Waals surface area contributed by atoms with Gasteiger partial charge in [-0.1, -0.05) is 0 Å². The molecule has 3 atom stereocenters. The number of hydrogen-bond acceptors (Lipinski definition) is 2. The van der Waals surface area contributed by atoms with Gasteiger partial charge in [0.25, 0.3) is 0 Å². The third-order valence-electron chi connectivity index (χ3n) is 5.53. The van der Waals surface area contributed by atoms with Crippen LogP contribution in [0.3, 0.4) is 0 Å². The van der Waals surface area contributed by atoms with Crippen LogP contribution in [0.4, 0.5) is 0 Å². The van der Waals surface area contributed by atoms with Crippen LogP contribution in [0, 0.1) is 22.7 Å². The van der Waals surface area contributed by atoms with Crippen molar-refractivity contribution < 1.29 is 9.90 Å². The number of nitrogens with two attached hydrogens (primary N) is 1. The van der Waals surface area contributed by atoms with Gasteiger partial charge >= 0.3 is 5.97 Å². The van der Waals surface area contributed by atoms with Crippen LogP contribution in [0.5, 0.6) is 0 Å². The minimum atomic E-state index is -0.563. The zero-order valence-electron chi connectivity index (χ0n) is 9.91. The van der Waals surface area contributed by atoms with E-state index in [1.54, 1.807) is 0 Å². The minimum Gasteiger partial charge on any atom is -0.481 e. The van der Waals surface area contributed by atoms with Crippen molar-refractivity contribution >= 4 is 5.97 Å². The van der Waals surface area contributed by atoms with Crippen LogP contribution in [0.1, 0.15) is 45.4 Å². The molecule has 0 aromatic rings. The second-order valence-electron chi connectivity index (χ2n) is 6.70. The Morgan fingerprint density at radius 3 is 2.31 bits per heavy atom. The van der Waals surface area contributed by atoms with E-state index in [0.717, 1.165) is 19.3 Å². The highest BCUT2D eigenvalue weighted by Gasteiger charge is 2.61. The molecule has 0 aromatic carbocycles. The normalized spacial score (nSPS) is 51.6. The molecule has 0 aromatic heterocycles. The fourth-order valence-corrected chi connectivity index (χ4v) is 5.12. The van der Waals surface area contributed by atoms with Crippen LogP contribution in [-0.2, 0) is 4.79 Å². The molecule has 3 nitrogen and oxygen atoms in total. The smallest absolute Gasteiger partial charge is 0.309 e. The first kappa shape index (κ1) is 10.6. The maximum Gasteiger partial charge on any atom is 0.309 e. The topological polar surface area (TPSA) is 63.3 Å². The molecule has 4 aliphatic rings. The SMILES string of the molecule is CC(N)C12CC3CC(CC(C(=O)O)(C3)C1)C2. The van der Waals surface area contributed by atoms with Crippen molar-refractivity contribution in [2.24, 2.45) is 28.4 Å². The molecule has 4 rings (SSSR count). The van der Waals surface area contributed by atoms with Crippen molar-refractivity contribution in [3.8, 4) is 0 Å². The summed E-state index contributed by atoms with van der Waals surface area (Å²) < 4.78 is 0. The molecular weight excluding hydrogens is 202 g/mol. The molecule has 0 amide bonds. The van der Waals surface area contributed by atoms with E-state index in [9.17, 15) is 9.90 Å². The van der Waals surface area contributed by atoms with E-state index in [0.29, 0.717) is 11.8 Å². The molecule has 3 unspecified atom stereocenters. The zero-order chi connectivity index (χ0) is 11.6. The first-order chi connectivity index (χ1) is 7.46. The molecule has 16 heavy (non-hydrogen) atoms. The number of carbonyl (C=O) groups is 1. The van der Waals surface area contributed by atoms with E-state index in [2.05, 4.69) is 6.92 Å². The molecule has 0 heterocycles. The molecule has 4 saturated carbocycles. The first-order valence-electron chi connectivity index (χ1n) is 6.45. The van der Waals surface area contributed by atoms with Gasteiger partial charge < -0.3 is 10.8 Å². The Bertz CT molecular complexity index is 323. The van der Waals surface area contributed by atoms with Gasteiger partial charge in [0.15, 0.2) is 0 Å². The molecular formula is C13H21NO2. The van der Waals surface area contributed by atoms with Gasteiger partial charge in [0, 0.05) is 6.04 Å². The second-order valence-corrected chi connectivity index (χ2v) is 6.70. The van der Waals surface area contributed by atoms with Crippen molar-refractivity contribution in [2.75, 3.05) is 0 Å². The number of carboxylic acids is 1. The standard InChI is InChI=1S/C13H21NO2/c1-8(14)12-3-9-2-10(4-12)6-13(5-9,7-12)11(15)16/h8-10H,2-7,14H2,1H3,(H,15,16). The molecule has 90 valence electrons. The summed E-state index contributed by atoms with van der Waals surface area (Å²) in [6.45, 7) is 2.07. The fraction of sp³-hybridized carbons (Fsp3) is 0.923. The van der Waals surface area contributed by atoms with Gasteiger partial charge in [0.1, 0.15) is 0 Å². The lowest BCUT2D eigenvalue weighted by atomic mass is 9.43. The van der Waals surface area contributed by atoms with E-state index in [-0.39, 0.29) is 11.5 Å². The van der Waals surface area contributed by atoms with Crippen LogP contribution in [-0.4, -0.2) is 17.1 Å². The third-order valence-corrected chi connectivity index (χ3v) is 5.53. The highest BCUT2D eigenvalue weighted by Crippen LogP contribution is 2.66. The van der Waals surface area contributed by atoms with Gasteiger partial charge in [-0.3, -0.25) is 4.79 Å². The molecule has 0 saturated heterocycles. The first-order valence-corrected chi connectivity index (χ1v) is 6.45. The Balaban J connectivity index is 2.00. The maximum absolute atomic E-state index is 11.6. The quantitative estimate of drug-likeness (QED) is 0.752. The number of aliphatic carboxylic acids is 1. The molecule has 4 aliphatic carbocycles. The molecule has 3 heteroatoms. The van der Waals surface area contributed by atoms with Crippen molar-refractivity contribution in [3.05, 3.63) is 0 Å². The summed E-state index contributed by atoms with van der Waals surface area (Å²) in [6, 6.07) is 0.150. The molecule has 4 fully saturated rings. The van der Waals surface area contributed by atoms with Crippen LogP contribution < -0.4 is 5.73 Å². The van der Waals surface area contributed by atoms with E-state index < -0.39 is 11.4 Å². The lowest BCUT2D eigenvalue weighted by Gasteiger charge is -2.62. The Labute approximate surface area is 96.4 Å². The summed E-state index contributed by atoms with van der Waals surface area (Å²) in [7, 11) is 0. The largest absolute Gasteiger partial charge is 0.481 e. The lowest BCUT2D eigenvalue weighted by molar-refractivity contribution is -0.176. The number of hydrogen-bond donors (Lipinski definition) is 2. The number of rotatable bonds is 2. The van der Waals surface area contributed by atoms with Gasteiger partial charge in [-0.25, -0.2) is 0 Å². The predicted octanol–water partition coefficient (Wildman–Crippen LogP) is 2.00. The molecule has 0 radical (unpaired) electrons. The maximum atomic E-state index is 11.6. The number of carboxylic acid groups (broad SMARTS) is 1. The van der Waals surface area contributed by atoms with Crippen molar-refractivity contribution in [1.82, 2.24) is 0 Å². The summed E-state index contributed by atoms with van der Waals surface area (Å²) in [5.74, 6) is 0.693. The summed E-state index contributed by atoms with van der Waals surface area (Å²) in [6.07, 6.45) is 6.26. The van der Waals surface area contributed by atoms with Crippen molar-refractivity contribution in [2.45, 2.75) is 51.5 Å². The van der Waals surface area contributed by atoms with E-state index in [4.69, 9.17) is 5.73 Å². The summed E-state index contributed by atoms with van der Waals surface area (Å²) >= 11 is 0. The van der Waals surface area contributed by atoms with Gasteiger partial charge in [-0.2, -0.15) is 0 Å². The Morgan fingerprint density at radius 2 is 1.88 bits per heavy atom.